The fourth-order valence-corrected chi connectivity index (χ4v) is 5.23. The smallest absolute Gasteiger partial charge is 0.453 e. The number of fused-ring (bicyclic) bond motifs is 1. The highest BCUT2D eigenvalue weighted by Gasteiger charge is 2.59. The molecular formula is C20H22N2O11S. The fourth-order valence-electron chi connectivity index (χ4n) is 3.90. The van der Waals surface area contributed by atoms with E-state index in [4.69, 9.17) is 19.9 Å². The maximum absolute atomic E-state index is 13.0. The minimum Gasteiger partial charge on any atom is -0.477 e. The zero-order valence-corrected chi connectivity index (χ0v) is 19.0. The number of ether oxygens (including phenoxy) is 3. The van der Waals surface area contributed by atoms with Crippen molar-refractivity contribution in [1.29, 1.82) is 0 Å². The van der Waals surface area contributed by atoms with Crippen molar-refractivity contribution in [1.82, 2.24) is 4.90 Å². The number of Topliss-reactive ketones (excluding diaryl/α,β-unsaturated/α-hetero) is 2. The molecule has 0 bridgehead atoms. The van der Waals surface area contributed by atoms with Crippen molar-refractivity contribution in [2.24, 2.45) is 11.7 Å². The van der Waals surface area contributed by atoms with Crippen molar-refractivity contribution in [3.8, 4) is 0 Å². The Balaban J connectivity index is 2.14. The number of carbonyl (C=O) groups excluding carboxylic acids is 6. The van der Waals surface area contributed by atoms with Crippen LogP contribution >= 0.6 is 11.8 Å². The third-order valence-corrected chi connectivity index (χ3v) is 6.65. The molecule has 3 aliphatic rings. The molecule has 13 nitrogen and oxygen atoms in total. The van der Waals surface area contributed by atoms with E-state index in [0.29, 0.717) is 12.8 Å². The Morgan fingerprint density at radius 2 is 1.53 bits per heavy atom. The number of nitrogens with two attached hydrogens (primary N) is 1. The second-order valence-electron chi connectivity index (χ2n) is 7.81. The number of esters is 3. The van der Waals surface area contributed by atoms with Crippen LogP contribution in [0.15, 0.2) is 11.3 Å². The van der Waals surface area contributed by atoms with Crippen LogP contribution in [0.4, 0.5) is 0 Å². The molecule has 0 aromatic heterocycles. The number of β-lactam (4-membered cyclic amide) rings is 1. The number of amides is 1. The zero-order chi connectivity index (χ0) is 25.4. The average Bonchev–Trinajstić information content (AvgIpc) is 2.90. The highest BCUT2D eigenvalue weighted by Crippen LogP contribution is 2.44. The Morgan fingerprint density at radius 1 is 1.00 bits per heavy atom. The number of hydrogen-bond acceptors (Lipinski definition) is 12. The molecule has 0 aromatic rings. The molecule has 1 saturated heterocycles. The summed E-state index contributed by atoms with van der Waals surface area (Å²) in [6, 6.07) is -0.999. The van der Waals surface area contributed by atoms with E-state index in [1.54, 1.807) is 0 Å². The van der Waals surface area contributed by atoms with Gasteiger partial charge in [0.2, 0.25) is 5.91 Å². The summed E-state index contributed by atoms with van der Waals surface area (Å²) in [5.74, 6) is -13.0. The summed E-state index contributed by atoms with van der Waals surface area (Å²) in [6.45, 7) is 1.75. The van der Waals surface area contributed by atoms with Crippen molar-refractivity contribution >= 4 is 53.1 Å². The predicted molar refractivity (Wildman–Crippen MR) is 110 cm³/mol. The first-order valence-electron chi connectivity index (χ1n) is 10.2. The third-order valence-electron chi connectivity index (χ3n) is 5.35. The lowest BCUT2D eigenvalue weighted by Gasteiger charge is -2.49. The Kier molecular flexibility index (Phi) is 7.12. The standard InChI is InChI=1S/C20H22N2O11S/c1-8(23)31-20(32-9(2)24,33-19(30)13-11(25)5-3-4-6-12(13)26)10-7-34-17-14(21)16(27)22(17)15(10)18(28)29/h13-14,17H,3-7,21H2,1-2H3,(H,28,29)/t14-,17-/m1/s1. The van der Waals surface area contributed by atoms with Crippen LogP contribution in [-0.4, -0.2) is 74.5 Å². The summed E-state index contributed by atoms with van der Waals surface area (Å²) in [5.41, 5.74) is 4.40. The number of nitrogens with zero attached hydrogens (tertiary/aromatic N) is 1. The monoisotopic (exact) mass is 498 g/mol. The number of carboxylic acid groups (broad SMARTS) is 1. The van der Waals surface area contributed by atoms with Crippen LogP contribution in [0.1, 0.15) is 39.5 Å². The summed E-state index contributed by atoms with van der Waals surface area (Å²) in [5, 5.41) is 9.07. The van der Waals surface area contributed by atoms with Gasteiger partial charge in [0.25, 0.3) is 0 Å². The quantitative estimate of drug-likeness (QED) is 0.152. The molecular weight excluding hydrogens is 476 g/mol. The normalized spacial score (nSPS) is 23.5. The molecule has 2 fully saturated rings. The Bertz CT molecular complexity index is 986. The maximum Gasteiger partial charge on any atom is 0.453 e. The minimum absolute atomic E-state index is 0.0829. The first kappa shape index (κ1) is 25.4. The fraction of sp³-hybridized carbons (Fsp3) is 0.550. The van der Waals surface area contributed by atoms with Gasteiger partial charge >= 0.3 is 29.9 Å². The van der Waals surface area contributed by atoms with Crippen LogP contribution in [0.3, 0.4) is 0 Å². The van der Waals surface area contributed by atoms with Crippen molar-refractivity contribution in [3.05, 3.63) is 11.3 Å². The predicted octanol–water partition coefficient (Wildman–Crippen LogP) is -0.781. The van der Waals surface area contributed by atoms with Crippen LogP contribution in [0.2, 0.25) is 0 Å². The van der Waals surface area contributed by atoms with E-state index in [-0.39, 0.29) is 18.6 Å². The molecule has 2 aliphatic heterocycles. The number of aliphatic carboxylic acids is 1. The lowest BCUT2D eigenvalue weighted by molar-refractivity contribution is -0.309. The summed E-state index contributed by atoms with van der Waals surface area (Å²) in [6.07, 6.45) is 0.578. The van der Waals surface area contributed by atoms with E-state index in [1.165, 1.54) is 0 Å². The number of carboxylic acids is 1. The van der Waals surface area contributed by atoms with Crippen LogP contribution in [0.25, 0.3) is 0 Å². The molecule has 1 saturated carbocycles. The summed E-state index contributed by atoms with van der Waals surface area (Å²) in [4.78, 5) is 87.0. The van der Waals surface area contributed by atoms with Gasteiger partial charge < -0.3 is 25.1 Å². The van der Waals surface area contributed by atoms with Crippen LogP contribution in [-0.2, 0) is 47.8 Å². The molecule has 1 amide bonds. The van der Waals surface area contributed by atoms with Gasteiger partial charge in [0, 0.05) is 32.4 Å². The van der Waals surface area contributed by atoms with Gasteiger partial charge in [-0.25, -0.2) is 4.79 Å². The Morgan fingerprint density at radius 3 is 2.00 bits per heavy atom. The van der Waals surface area contributed by atoms with Gasteiger partial charge in [0.1, 0.15) is 22.7 Å². The number of thioether (sulfide) groups is 1. The highest BCUT2D eigenvalue weighted by molar-refractivity contribution is 8.00. The number of ketones is 2. The van der Waals surface area contributed by atoms with Crippen LogP contribution in [0, 0.1) is 5.92 Å². The van der Waals surface area contributed by atoms with Crippen LogP contribution in [0.5, 0.6) is 0 Å². The average molecular weight is 498 g/mol. The van der Waals surface area contributed by atoms with Gasteiger partial charge in [0.05, 0.1) is 0 Å². The van der Waals surface area contributed by atoms with E-state index in [9.17, 15) is 38.7 Å². The Labute approximate surface area is 196 Å². The van der Waals surface area contributed by atoms with Gasteiger partial charge in [-0.05, 0) is 12.8 Å². The maximum atomic E-state index is 13.0. The number of hydrogen-bond donors (Lipinski definition) is 2. The van der Waals surface area contributed by atoms with Crippen molar-refractivity contribution in [2.75, 3.05) is 5.75 Å². The molecule has 0 radical (unpaired) electrons. The van der Waals surface area contributed by atoms with Gasteiger partial charge in [-0.2, -0.15) is 0 Å². The van der Waals surface area contributed by atoms with E-state index in [2.05, 4.69) is 0 Å². The molecule has 0 aromatic carbocycles. The largest absolute Gasteiger partial charge is 0.477 e. The van der Waals surface area contributed by atoms with Crippen LogP contribution < -0.4 is 5.73 Å². The lowest BCUT2D eigenvalue weighted by atomic mass is 9.97. The first-order chi connectivity index (χ1) is 15.9. The first-order valence-corrected chi connectivity index (χ1v) is 11.3. The second-order valence-corrected chi connectivity index (χ2v) is 8.91. The molecule has 0 spiro atoms. The van der Waals surface area contributed by atoms with Gasteiger partial charge in [-0.3, -0.25) is 33.7 Å². The number of rotatable bonds is 6. The topological polar surface area (TPSA) is 197 Å². The molecule has 3 rings (SSSR count). The molecule has 14 heteroatoms. The van der Waals surface area contributed by atoms with Gasteiger partial charge in [-0.1, -0.05) is 0 Å². The van der Waals surface area contributed by atoms with Gasteiger partial charge in [0.15, 0.2) is 17.5 Å². The van der Waals surface area contributed by atoms with Gasteiger partial charge in [-0.15, -0.1) is 11.8 Å². The molecule has 3 N–H and O–H groups in total. The second kappa shape index (κ2) is 9.54. The van der Waals surface area contributed by atoms with E-state index >= 15 is 0 Å². The molecule has 2 heterocycles. The van der Waals surface area contributed by atoms with Crippen molar-refractivity contribution < 1.29 is 52.9 Å². The highest BCUT2D eigenvalue weighted by atomic mass is 32.2. The Hall–Kier alpha value is -3.26. The van der Waals surface area contributed by atoms with E-state index < -0.39 is 75.9 Å². The molecule has 184 valence electrons. The SMILES string of the molecule is CC(=O)OC(OC(C)=O)(OC(=O)C1C(=O)CCCCC1=O)C1=C(C(=O)O)N2C(=O)[C@@H](N)[C@H]2SC1. The molecule has 0 unspecified atom stereocenters. The van der Waals surface area contributed by atoms with Crippen molar-refractivity contribution in [3.63, 3.8) is 0 Å². The zero-order valence-electron chi connectivity index (χ0n) is 18.2. The number of carbonyl (C=O) groups is 7. The summed E-state index contributed by atoms with van der Waals surface area (Å²) in [7, 11) is 0. The molecule has 34 heavy (non-hydrogen) atoms. The van der Waals surface area contributed by atoms with E-state index in [0.717, 1.165) is 30.5 Å². The lowest BCUT2D eigenvalue weighted by Crippen LogP contribution is -2.69. The molecule has 2 atom stereocenters. The van der Waals surface area contributed by atoms with Crippen molar-refractivity contribution in [2.45, 2.75) is 56.9 Å². The minimum atomic E-state index is -3.08. The summed E-state index contributed by atoms with van der Waals surface area (Å²) >= 11 is 0.953. The molecule has 1 aliphatic carbocycles. The summed E-state index contributed by atoms with van der Waals surface area (Å²) < 4.78 is 15.3. The van der Waals surface area contributed by atoms with E-state index in [1.807, 2.05) is 0 Å². The third kappa shape index (κ3) is 4.55.